The van der Waals surface area contributed by atoms with Crippen molar-refractivity contribution in [1.82, 2.24) is 0 Å². The number of rotatable bonds is 1. The minimum absolute atomic E-state index is 0.0625. The highest BCUT2D eigenvalue weighted by atomic mass is 79.9. The zero-order chi connectivity index (χ0) is 11.3. The summed E-state index contributed by atoms with van der Waals surface area (Å²) >= 11 is 3.64. The third-order valence-electron chi connectivity index (χ3n) is 4.17. The first-order valence-corrected chi connectivity index (χ1v) is 6.59. The second-order valence-electron chi connectivity index (χ2n) is 4.78. The first-order valence-electron chi connectivity index (χ1n) is 5.68. The zero-order valence-corrected chi connectivity index (χ0v) is 10.7. The Morgan fingerprint density at radius 2 is 2.12 bits per heavy atom. The van der Waals surface area contributed by atoms with Crippen LogP contribution in [0.3, 0.4) is 0 Å². The van der Waals surface area contributed by atoms with Gasteiger partial charge in [0, 0.05) is 17.2 Å². The van der Waals surface area contributed by atoms with E-state index in [0.717, 1.165) is 12.8 Å². The van der Waals surface area contributed by atoms with E-state index in [4.69, 9.17) is 14.2 Å². The van der Waals surface area contributed by atoms with Crippen LogP contribution < -0.4 is 0 Å². The van der Waals surface area contributed by atoms with Gasteiger partial charge in [-0.25, -0.2) is 0 Å². The Morgan fingerprint density at radius 3 is 2.75 bits per heavy atom. The van der Waals surface area contributed by atoms with Crippen molar-refractivity contribution in [3.63, 3.8) is 0 Å². The van der Waals surface area contributed by atoms with E-state index in [1.807, 2.05) is 0 Å². The lowest BCUT2D eigenvalue weighted by atomic mass is 9.93. The number of esters is 1. The Morgan fingerprint density at radius 1 is 1.44 bits per heavy atom. The van der Waals surface area contributed by atoms with Crippen molar-refractivity contribution < 1.29 is 19.0 Å². The molecule has 2 bridgehead atoms. The fourth-order valence-electron chi connectivity index (χ4n) is 3.55. The summed E-state index contributed by atoms with van der Waals surface area (Å²) in [6, 6.07) is 0. The second kappa shape index (κ2) is 3.68. The molecule has 0 radical (unpaired) electrons. The van der Waals surface area contributed by atoms with Crippen LogP contribution in [0.5, 0.6) is 0 Å². The van der Waals surface area contributed by atoms with Crippen LogP contribution in [-0.4, -0.2) is 36.9 Å². The molecular weight excluding hydrogens is 276 g/mol. The number of methoxy groups -OCH3 is 1. The zero-order valence-electron chi connectivity index (χ0n) is 9.15. The molecule has 0 aromatic heterocycles. The molecule has 3 aliphatic rings. The number of halogens is 1. The van der Waals surface area contributed by atoms with Gasteiger partial charge >= 0.3 is 5.97 Å². The van der Waals surface area contributed by atoms with Crippen molar-refractivity contribution in [3.05, 3.63) is 0 Å². The molecule has 1 aliphatic heterocycles. The lowest BCUT2D eigenvalue weighted by Gasteiger charge is -2.33. The molecule has 90 valence electrons. The lowest BCUT2D eigenvalue weighted by molar-refractivity contribution is -0.195. The molecular formula is C11H15BrO4. The molecule has 3 fully saturated rings. The Labute approximate surface area is 103 Å². The van der Waals surface area contributed by atoms with E-state index in [1.165, 1.54) is 7.11 Å². The number of fused-ring (bicyclic) bond motifs is 3. The first kappa shape index (κ1) is 11.0. The third kappa shape index (κ3) is 1.31. The maximum Gasteiger partial charge on any atom is 0.309 e. The molecule has 1 saturated heterocycles. The van der Waals surface area contributed by atoms with Crippen molar-refractivity contribution in [1.29, 1.82) is 0 Å². The van der Waals surface area contributed by atoms with Crippen LogP contribution >= 0.6 is 15.9 Å². The van der Waals surface area contributed by atoms with Crippen LogP contribution in [0, 0.1) is 17.8 Å². The van der Waals surface area contributed by atoms with Gasteiger partial charge in [0.1, 0.15) is 0 Å². The smallest absolute Gasteiger partial charge is 0.309 e. The maximum atomic E-state index is 11.8. The number of carbonyl (C=O) groups excluding carboxylic acids is 1. The molecule has 1 spiro atoms. The van der Waals surface area contributed by atoms with Crippen molar-refractivity contribution in [2.24, 2.45) is 17.8 Å². The Bertz CT molecular complexity index is 313. The summed E-state index contributed by atoms with van der Waals surface area (Å²) in [5.41, 5.74) is 0. The molecule has 5 heteroatoms. The molecule has 0 aromatic rings. The molecule has 0 unspecified atom stereocenters. The molecule has 4 atom stereocenters. The van der Waals surface area contributed by atoms with Gasteiger partial charge in [0.25, 0.3) is 0 Å². The SMILES string of the molecule is COC(=O)[C@@H]1[C@H]2CC3(OCCO3)[C@H]1C[C@H]2Br. The van der Waals surface area contributed by atoms with Crippen LogP contribution in [0.15, 0.2) is 0 Å². The number of carbonyl (C=O) groups is 1. The molecule has 0 N–H and O–H groups in total. The summed E-state index contributed by atoms with van der Waals surface area (Å²) in [7, 11) is 1.45. The highest BCUT2D eigenvalue weighted by Gasteiger charge is 2.65. The van der Waals surface area contributed by atoms with Crippen LogP contribution in [-0.2, 0) is 19.0 Å². The van der Waals surface area contributed by atoms with Gasteiger partial charge in [0.15, 0.2) is 5.79 Å². The van der Waals surface area contributed by atoms with Gasteiger partial charge < -0.3 is 14.2 Å². The van der Waals surface area contributed by atoms with Gasteiger partial charge in [-0.3, -0.25) is 4.79 Å². The minimum Gasteiger partial charge on any atom is -0.469 e. The van der Waals surface area contributed by atoms with E-state index < -0.39 is 5.79 Å². The molecule has 2 aliphatic carbocycles. The van der Waals surface area contributed by atoms with Gasteiger partial charge in [-0.1, -0.05) is 15.9 Å². The summed E-state index contributed by atoms with van der Waals surface area (Å²) < 4.78 is 16.4. The van der Waals surface area contributed by atoms with E-state index in [-0.39, 0.29) is 23.7 Å². The topological polar surface area (TPSA) is 44.8 Å². The highest BCUT2D eigenvalue weighted by molar-refractivity contribution is 9.09. The fraction of sp³-hybridized carbons (Fsp3) is 0.909. The quantitative estimate of drug-likeness (QED) is 0.540. The Hall–Kier alpha value is -0.130. The van der Waals surface area contributed by atoms with Crippen LogP contribution in [0.25, 0.3) is 0 Å². The Kier molecular flexibility index (Phi) is 2.53. The van der Waals surface area contributed by atoms with Crippen LogP contribution in [0.4, 0.5) is 0 Å². The largest absolute Gasteiger partial charge is 0.469 e. The van der Waals surface area contributed by atoms with E-state index in [0.29, 0.717) is 18.0 Å². The molecule has 3 rings (SSSR count). The van der Waals surface area contributed by atoms with Crippen LogP contribution in [0.1, 0.15) is 12.8 Å². The predicted octanol–water partition coefficient (Wildman–Crippen LogP) is 1.32. The molecule has 2 saturated carbocycles. The van der Waals surface area contributed by atoms with E-state index in [2.05, 4.69) is 15.9 Å². The lowest BCUT2D eigenvalue weighted by Crippen LogP contribution is -2.39. The minimum atomic E-state index is -0.492. The van der Waals surface area contributed by atoms with Crippen LogP contribution in [0.2, 0.25) is 0 Å². The van der Waals surface area contributed by atoms with Crippen molar-refractivity contribution >= 4 is 21.9 Å². The fourth-order valence-corrected chi connectivity index (χ4v) is 4.47. The number of ether oxygens (including phenoxy) is 3. The summed E-state index contributed by atoms with van der Waals surface area (Å²) in [6.07, 6.45) is 1.75. The van der Waals surface area contributed by atoms with E-state index >= 15 is 0 Å². The maximum absolute atomic E-state index is 11.8. The second-order valence-corrected chi connectivity index (χ2v) is 5.96. The van der Waals surface area contributed by atoms with Crippen molar-refractivity contribution in [2.75, 3.05) is 20.3 Å². The average Bonchev–Trinajstić information content (AvgIpc) is 2.93. The van der Waals surface area contributed by atoms with Crippen molar-refractivity contribution in [3.8, 4) is 0 Å². The van der Waals surface area contributed by atoms with Crippen molar-refractivity contribution in [2.45, 2.75) is 23.5 Å². The molecule has 16 heavy (non-hydrogen) atoms. The summed E-state index contributed by atoms with van der Waals surface area (Å²) in [5.74, 6) is -0.235. The van der Waals surface area contributed by atoms with E-state index in [9.17, 15) is 4.79 Å². The summed E-state index contributed by atoms with van der Waals surface area (Å²) in [6.45, 7) is 1.29. The molecule has 4 nitrogen and oxygen atoms in total. The van der Waals surface area contributed by atoms with Gasteiger partial charge in [0.2, 0.25) is 0 Å². The van der Waals surface area contributed by atoms with Gasteiger partial charge in [-0.2, -0.15) is 0 Å². The molecule has 0 amide bonds. The van der Waals surface area contributed by atoms with E-state index in [1.54, 1.807) is 0 Å². The average molecular weight is 291 g/mol. The number of hydrogen-bond acceptors (Lipinski definition) is 4. The van der Waals surface area contributed by atoms with Gasteiger partial charge in [-0.15, -0.1) is 0 Å². The van der Waals surface area contributed by atoms with Gasteiger partial charge in [0.05, 0.1) is 26.2 Å². The highest BCUT2D eigenvalue weighted by Crippen LogP contribution is 2.60. The number of alkyl halides is 1. The Balaban J connectivity index is 1.89. The first-order chi connectivity index (χ1) is 7.68. The summed E-state index contributed by atoms with van der Waals surface area (Å²) in [5, 5.41) is 0. The molecule has 0 aromatic carbocycles. The summed E-state index contributed by atoms with van der Waals surface area (Å²) in [4.78, 5) is 12.2. The predicted molar refractivity (Wildman–Crippen MR) is 59.1 cm³/mol. The molecule has 1 heterocycles. The monoisotopic (exact) mass is 290 g/mol. The third-order valence-corrected chi connectivity index (χ3v) is 5.23. The van der Waals surface area contributed by atoms with Gasteiger partial charge in [-0.05, 0) is 12.3 Å². The number of hydrogen-bond donors (Lipinski definition) is 0. The normalized spacial score (nSPS) is 44.1. The standard InChI is InChI=1S/C11H15BrO4/c1-14-10(13)9-6-5-11(15-2-3-16-11)7(9)4-8(6)12/h6-9H,2-5H2,1H3/t6-,7-,8+,9+/m0/s1.